The van der Waals surface area contributed by atoms with Crippen LogP contribution in [0.1, 0.15) is 58.3 Å². The molecule has 0 amide bonds. The van der Waals surface area contributed by atoms with E-state index in [1.165, 1.54) is 55.7 Å². The van der Waals surface area contributed by atoms with Crippen molar-refractivity contribution in [2.45, 2.75) is 39.2 Å². The van der Waals surface area contributed by atoms with E-state index < -0.39 is 0 Å². The Kier molecular flexibility index (Phi) is 5.05. The smallest absolute Gasteiger partial charge is 0.0997 e. The normalized spacial score (nSPS) is 19.2. The van der Waals surface area contributed by atoms with Crippen LogP contribution in [0.5, 0.6) is 0 Å². The highest BCUT2D eigenvalue weighted by Crippen LogP contribution is 2.46. The number of hydrogen-bond donors (Lipinski definition) is 0. The number of nitrogens with zero attached hydrogens (tertiary/aromatic N) is 2. The maximum atomic E-state index is 10.2. The van der Waals surface area contributed by atoms with Gasteiger partial charge in [0, 0.05) is 25.0 Å². The van der Waals surface area contributed by atoms with E-state index in [1.54, 1.807) is 0 Å². The Hall–Kier alpha value is -3.41. The van der Waals surface area contributed by atoms with Gasteiger partial charge in [0.25, 0.3) is 0 Å². The van der Waals surface area contributed by atoms with Crippen molar-refractivity contribution < 1.29 is 0 Å². The SMILES string of the molecule is C=C(C)C1CN(C2CCc3c2cc2c(c3C#N)CC(c3cccc(-c4ccccc4)c3C)=C2)C1. The molecule has 1 aliphatic heterocycles. The van der Waals surface area contributed by atoms with Gasteiger partial charge in [-0.1, -0.05) is 66.8 Å². The number of fused-ring (bicyclic) bond motifs is 2. The van der Waals surface area contributed by atoms with Crippen LogP contribution in [0, 0.1) is 24.2 Å². The highest BCUT2D eigenvalue weighted by Gasteiger charge is 2.38. The monoisotopic (exact) mass is 442 g/mol. The van der Waals surface area contributed by atoms with Crippen LogP contribution in [0.3, 0.4) is 0 Å². The average Bonchev–Trinajstić information content (AvgIpc) is 3.41. The van der Waals surface area contributed by atoms with Crippen molar-refractivity contribution in [2.75, 3.05) is 13.1 Å². The van der Waals surface area contributed by atoms with Gasteiger partial charge in [-0.05, 0) is 89.3 Å². The maximum absolute atomic E-state index is 10.2. The minimum absolute atomic E-state index is 0.448. The number of likely N-dealkylation sites (tertiary alicyclic amines) is 1. The Morgan fingerprint density at radius 2 is 1.79 bits per heavy atom. The van der Waals surface area contributed by atoms with E-state index in [0.717, 1.165) is 37.9 Å². The van der Waals surface area contributed by atoms with Crippen LogP contribution >= 0.6 is 0 Å². The van der Waals surface area contributed by atoms with Gasteiger partial charge in [-0.15, -0.1) is 0 Å². The fourth-order valence-corrected chi connectivity index (χ4v) is 6.24. The van der Waals surface area contributed by atoms with E-state index in [2.05, 4.69) is 92.1 Å². The van der Waals surface area contributed by atoms with Gasteiger partial charge in [0.15, 0.2) is 0 Å². The first-order valence-corrected chi connectivity index (χ1v) is 12.4. The van der Waals surface area contributed by atoms with Crippen LogP contribution in [-0.2, 0) is 12.8 Å². The molecule has 2 aliphatic carbocycles. The van der Waals surface area contributed by atoms with Gasteiger partial charge >= 0.3 is 0 Å². The summed E-state index contributed by atoms with van der Waals surface area (Å²) in [6, 6.07) is 22.7. The summed E-state index contributed by atoms with van der Waals surface area (Å²) >= 11 is 0. The van der Waals surface area contributed by atoms with E-state index in [4.69, 9.17) is 0 Å². The fourth-order valence-electron chi connectivity index (χ4n) is 6.24. The van der Waals surface area contributed by atoms with Crippen LogP contribution in [0.2, 0.25) is 0 Å². The second-order valence-electron chi connectivity index (χ2n) is 10.2. The Morgan fingerprint density at radius 3 is 2.53 bits per heavy atom. The molecule has 3 aromatic rings. The minimum Gasteiger partial charge on any atom is -0.295 e. The molecule has 2 heteroatoms. The average molecular weight is 443 g/mol. The molecular formula is C32H30N2. The summed E-state index contributed by atoms with van der Waals surface area (Å²) < 4.78 is 0. The van der Waals surface area contributed by atoms with E-state index in [0.29, 0.717) is 12.0 Å². The molecule has 2 nitrogen and oxygen atoms in total. The van der Waals surface area contributed by atoms with Crippen LogP contribution in [0.15, 0.2) is 66.7 Å². The fraction of sp³-hybridized carbons (Fsp3) is 0.281. The Bertz CT molecular complexity index is 1380. The third-order valence-electron chi connectivity index (χ3n) is 8.26. The summed E-state index contributed by atoms with van der Waals surface area (Å²) in [6.45, 7) is 10.7. The molecule has 34 heavy (non-hydrogen) atoms. The summed E-state index contributed by atoms with van der Waals surface area (Å²) in [5.41, 5.74) is 13.9. The van der Waals surface area contributed by atoms with Gasteiger partial charge in [0.05, 0.1) is 11.6 Å². The Balaban J connectivity index is 1.37. The lowest BCUT2D eigenvalue weighted by Crippen LogP contribution is -2.48. The molecule has 0 saturated carbocycles. The standard InChI is InChI=1S/C32H30N2/c1-20(2)25-18-34(19-25)32-13-12-28-30(32)16-24-14-23(15-29(24)31(28)17-33)27-11-7-10-26(21(27)3)22-8-5-4-6-9-22/h4-11,14,16,25,32H,1,12-13,15,18-19H2,2-3H3. The zero-order valence-electron chi connectivity index (χ0n) is 20.1. The van der Waals surface area contributed by atoms with Gasteiger partial charge in [-0.25, -0.2) is 0 Å². The predicted octanol–water partition coefficient (Wildman–Crippen LogP) is 7.13. The second kappa shape index (κ2) is 8.12. The quantitative estimate of drug-likeness (QED) is 0.402. The van der Waals surface area contributed by atoms with Gasteiger partial charge < -0.3 is 0 Å². The van der Waals surface area contributed by atoms with Gasteiger partial charge in [-0.2, -0.15) is 5.26 Å². The number of benzene rings is 3. The van der Waals surface area contributed by atoms with Crippen LogP contribution in [0.4, 0.5) is 0 Å². The molecule has 0 aromatic heterocycles. The third-order valence-corrected chi connectivity index (χ3v) is 8.26. The zero-order valence-corrected chi connectivity index (χ0v) is 20.1. The molecule has 1 atom stereocenters. The van der Waals surface area contributed by atoms with Crippen molar-refractivity contribution in [1.82, 2.24) is 4.90 Å². The predicted molar refractivity (Wildman–Crippen MR) is 140 cm³/mol. The van der Waals surface area contributed by atoms with Crippen molar-refractivity contribution in [3.05, 3.63) is 106 Å². The molecule has 0 N–H and O–H groups in total. The van der Waals surface area contributed by atoms with Gasteiger partial charge in [-0.3, -0.25) is 4.90 Å². The molecule has 0 bridgehead atoms. The molecule has 1 unspecified atom stereocenters. The highest BCUT2D eigenvalue weighted by atomic mass is 15.2. The number of allylic oxidation sites excluding steroid dienone is 1. The first-order chi connectivity index (χ1) is 16.5. The van der Waals surface area contributed by atoms with Gasteiger partial charge in [0.1, 0.15) is 0 Å². The molecule has 3 aromatic carbocycles. The molecular weight excluding hydrogens is 412 g/mol. The highest BCUT2D eigenvalue weighted by molar-refractivity contribution is 5.92. The van der Waals surface area contributed by atoms with Crippen molar-refractivity contribution in [3.63, 3.8) is 0 Å². The molecule has 1 fully saturated rings. The van der Waals surface area contributed by atoms with E-state index in [9.17, 15) is 5.26 Å². The molecule has 1 saturated heterocycles. The van der Waals surface area contributed by atoms with Crippen LogP contribution < -0.4 is 0 Å². The molecule has 1 heterocycles. The number of hydrogen-bond acceptors (Lipinski definition) is 2. The summed E-state index contributed by atoms with van der Waals surface area (Å²) in [5, 5.41) is 10.2. The summed E-state index contributed by atoms with van der Waals surface area (Å²) in [4.78, 5) is 2.59. The third kappa shape index (κ3) is 3.27. The van der Waals surface area contributed by atoms with E-state index in [-0.39, 0.29) is 0 Å². The minimum atomic E-state index is 0.448. The zero-order chi connectivity index (χ0) is 23.4. The number of rotatable bonds is 4. The largest absolute Gasteiger partial charge is 0.295 e. The molecule has 6 rings (SSSR count). The molecule has 0 spiro atoms. The van der Waals surface area contributed by atoms with E-state index >= 15 is 0 Å². The van der Waals surface area contributed by atoms with Crippen molar-refractivity contribution in [2.24, 2.45) is 5.92 Å². The number of nitriles is 1. The molecule has 168 valence electrons. The Labute approximate surface area is 202 Å². The molecule has 3 aliphatic rings. The lowest BCUT2D eigenvalue weighted by molar-refractivity contribution is 0.0713. The Morgan fingerprint density at radius 1 is 1.03 bits per heavy atom. The first kappa shape index (κ1) is 21.1. The lowest BCUT2D eigenvalue weighted by atomic mass is 9.88. The second-order valence-corrected chi connectivity index (χ2v) is 10.2. The molecule has 0 radical (unpaired) electrons. The van der Waals surface area contributed by atoms with E-state index in [1.807, 2.05) is 0 Å². The summed E-state index contributed by atoms with van der Waals surface area (Å²) in [5.74, 6) is 0.625. The lowest BCUT2D eigenvalue weighted by Gasteiger charge is -2.44. The van der Waals surface area contributed by atoms with Crippen LogP contribution in [0.25, 0.3) is 22.8 Å². The first-order valence-electron chi connectivity index (χ1n) is 12.4. The maximum Gasteiger partial charge on any atom is 0.0997 e. The topological polar surface area (TPSA) is 27.0 Å². The van der Waals surface area contributed by atoms with Crippen LogP contribution in [-0.4, -0.2) is 18.0 Å². The summed E-state index contributed by atoms with van der Waals surface area (Å²) in [7, 11) is 0. The summed E-state index contributed by atoms with van der Waals surface area (Å²) in [6.07, 6.45) is 5.33. The van der Waals surface area contributed by atoms with Gasteiger partial charge in [0.2, 0.25) is 0 Å². The van der Waals surface area contributed by atoms with Crippen molar-refractivity contribution in [3.8, 4) is 17.2 Å². The van der Waals surface area contributed by atoms with Crippen molar-refractivity contribution >= 4 is 11.6 Å². The van der Waals surface area contributed by atoms with Crippen molar-refractivity contribution in [1.29, 1.82) is 5.26 Å².